The predicted molar refractivity (Wildman–Crippen MR) is 218 cm³/mol. The van der Waals surface area contributed by atoms with Crippen molar-refractivity contribution in [1.29, 1.82) is 0 Å². The summed E-state index contributed by atoms with van der Waals surface area (Å²) in [5.41, 5.74) is 0. The maximum atomic E-state index is 12.7. The zero-order chi connectivity index (χ0) is 39.3. The van der Waals surface area contributed by atoms with Crippen LogP contribution in [0.1, 0.15) is 219 Å². The Balaban J connectivity index is 4.29. The lowest BCUT2D eigenvalue weighted by atomic mass is 10.0. The van der Waals surface area contributed by atoms with E-state index in [1.807, 2.05) is 0 Å². The molecule has 0 aromatic carbocycles. The van der Waals surface area contributed by atoms with E-state index in [0.29, 0.717) is 12.8 Å². The van der Waals surface area contributed by atoms with Gasteiger partial charge in [-0.3, -0.25) is 9.59 Å². The van der Waals surface area contributed by atoms with Gasteiger partial charge in [-0.05, 0) is 12.8 Å². The first kappa shape index (κ1) is 51.3. The summed E-state index contributed by atoms with van der Waals surface area (Å²) in [5, 5.41) is 11.6. The molecule has 53 heavy (non-hydrogen) atoms. The highest BCUT2D eigenvalue weighted by Crippen LogP contribution is 2.16. The maximum Gasteiger partial charge on any atom is 0.306 e. The van der Waals surface area contributed by atoms with Gasteiger partial charge >= 0.3 is 11.9 Å². The maximum absolute atomic E-state index is 12.7. The molecule has 0 aliphatic heterocycles. The fraction of sp³-hybridized carbons (Fsp3) is 0.933. The topological polar surface area (TPSA) is 102 Å². The molecule has 0 saturated heterocycles. The Morgan fingerprint density at radius 3 is 1.17 bits per heavy atom. The standard InChI is InChI=1S/C45H87NO7/c1-6-8-10-12-14-16-18-20-22-24-25-27-29-31-33-35-43(47)52-40-41(39-51-38-37-42(45(49)50)46(3,4)5)53-44(48)36-34-32-30-28-26-23-21-19-17-15-13-11-9-7-2/h41-42H,6-40H2,1-5H3. The summed E-state index contributed by atoms with van der Waals surface area (Å²) in [7, 11) is 5.42. The third kappa shape index (κ3) is 35.8. The molecule has 0 radical (unpaired) electrons. The van der Waals surface area contributed by atoms with E-state index in [-0.39, 0.29) is 42.7 Å². The summed E-state index contributed by atoms with van der Waals surface area (Å²) in [6.45, 7) is 4.70. The number of quaternary nitrogens is 1. The first-order chi connectivity index (χ1) is 25.6. The Hall–Kier alpha value is -1.67. The molecule has 0 bridgehead atoms. The molecule has 2 atom stereocenters. The Labute approximate surface area is 327 Å². The summed E-state index contributed by atoms with van der Waals surface area (Å²) < 4.78 is 17.2. The molecule has 0 aliphatic rings. The second kappa shape index (κ2) is 37.3. The van der Waals surface area contributed by atoms with Crippen LogP contribution in [-0.4, -0.2) is 75.5 Å². The van der Waals surface area contributed by atoms with Crippen molar-refractivity contribution in [3.63, 3.8) is 0 Å². The van der Waals surface area contributed by atoms with Crippen molar-refractivity contribution in [2.45, 2.75) is 231 Å². The van der Waals surface area contributed by atoms with E-state index in [1.165, 1.54) is 148 Å². The minimum absolute atomic E-state index is 0.0492. The molecule has 8 heteroatoms. The highest BCUT2D eigenvalue weighted by molar-refractivity contribution is 5.70. The van der Waals surface area contributed by atoms with Crippen LogP contribution in [0.5, 0.6) is 0 Å². The third-order valence-electron chi connectivity index (χ3n) is 10.5. The minimum Gasteiger partial charge on any atom is -0.544 e. The van der Waals surface area contributed by atoms with Gasteiger partial charge < -0.3 is 28.6 Å². The van der Waals surface area contributed by atoms with Gasteiger partial charge in [0.15, 0.2) is 6.10 Å². The number of hydrogen-bond donors (Lipinski definition) is 0. The Morgan fingerprint density at radius 2 is 0.830 bits per heavy atom. The van der Waals surface area contributed by atoms with Gasteiger partial charge in [0.05, 0.1) is 40.3 Å². The zero-order valence-electron chi connectivity index (χ0n) is 35.7. The first-order valence-electron chi connectivity index (χ1n) is 22.6. The quantitative estimate of drug-likeness (QED) is 0.0348. The van der Waals surface area contributed by atoms with Crippen LogP contribution in [0.25, 0.3) is 0 Å². The second-order valence-electron chi connectivity index (χ2n) is 16.7. The van der Waals surface area contributed by atoms with Crippen molar-refractivity contribution >= 4 is 17.9 Å². The van der Waals surface area contributed by atoms with Crippen LogP contribution in [0.3, 0.4) is 0 Å². The lowest BCUT2D eigenvalue weighted by molar-refractivity contribution is -0.889. The summed E-state index contributed by atoms with van der Waals surface area (Å²) in [6, 6.07) is -0.718. The predicted octanol–water partition coefficient (Wildman–Crippen LogP) is 10.8. The molecular formula is C45H87NO7. The summed E-state index contributed by atoms with van der Waals surface area (Å²) in [4.78, 5) is 36.8. The lowest BCUT2D eigenvalue weighted by Gasteiger charge is -2.34. The van der Waals surface area contributed by atoms with Crippen LogP contribution in [0.4, 0.5) is 0 Å². The molecule has 0 amide bonds. The van der Waals surface area contributed by atoms with Crippen LogP contribution < -0.4 is 5.11 Å². The number of ether oxygens (including phenoxy) is 3. The highest BCUT2D eigenvalue weighted by atomic mass is 16.6. The fourth-order valence-electron chi connectivity index (χ4n) is 6.95. The molecule has 0 spiro atoms. The Bertz CT molecular complexity index is 843. The molecule has 0 saturated carbocycles. The Kier molecular flexibility index (Phi) is 36.1. The van der Waals surface area contributed by atoms with Crippen LogP contribution in [0, 0.1) is 0 Å². The number of aliphatic carboxylic acids is 1. The Morgan fingerprint density at radius 1 is 0.491 bits per heavy atom. The molecule has 0 N–H and O–H groups in total. The molecule has 0 aliphatic carbocycles. The SMILES string of the molecule is CCCCCCCCCCCCCCCCCC(=O)OCC(COCCC(C(=O)[O-])[N+](C)(C)C)OC(=O)CCCCCCCCCCCCCCCC. The summed E-state index contributed by atoms with van der Waals surface area (Å²) in [6.07, 6.45) is 36.9. The van der Waals surface area contributed by atoms with Gasteiger partial charge in [-0.25, -0.2) is 0 Å². The third-order valence-corrected chi connectivity index (χ3v) is 10.5. The van der Waals surface area contributed by atoms with Crippen molar-refractivity contribution in [2.24, 2.45) is 0 Å². The van der Waals surface area contributed by atoms with Crippen molar-refractivity contribution < 1.29 is 38.2 Å². The number of carboxylic acid groups (broad SMARTS) is 1. The van der Waals surface area contributed by atoms with Gasteiger partial charge in [0, 0.05) is 19.3 Å². The molecular weight excluding hydrogens is 666 g/mol. The van der Waals surface area contributed by atoms with E-state index < -0.39 is 18.1 Å². The number of carboxylic acids is 1. The molecule has 0 fully saturated rings. The lowest BCUT2D eigenvalue weighted by Crippen LogP contribution is -2.55. The summed E-state index contributed by atoms with van der Waals surface area (Å²) in [5.74, 6) is -1.71. The van der Waals surface area contributed by atoms with E-state index in [4.69, 9.17) is 14.2 Å². The number of hydrogen-bond acceptors (Lipinski definition) is 7. The average Bonchev–Trinajstić information content (AvgIpc) is 3.11. The van der Waals surface area contributed by atoms with Gasteiger partial charge in [-0.1, -0.05) is 187 Å². The zero-order valence-corrected chi connectivity index (χ0v) is 35.7. The van der Waals surface area contributed by atoms with Crippen LogP contribution in [0.2, 0.25) is 0 Å². The number of unbranched alkanes of at least 4 members (excludes halogenated alkanes) is 27. The monoisotopic (exact) mass is 754 g/mol. The van der Waals surface area contributed by atoms with Crippen LogP contribution in [0.15, 0.2) is 0 Å². The number of nitrogens with zero attached hydrogens (tertiary/aromatic N) is 1. The van der Waals surface area contributed by atoms with Crippen LogP contribution >= 0.6 is 0 Å². The van der Waals surface area contributed by atoms with Crippen molar-refractivity contribution in [1.82, 2.24) is 0 Å². The van der Waals surface area contributed by atoms with E-state index in [1.54, 1.807) is 21.1 Å². The number of esters is 2. The minimum atomic E-state index is -1.12. The van der Waals surface area contributed by atoms with E-state index in [2.05, 4.69) is 13.8 Å². The normalized spacial score (nSPS) is 12.8. The smallest absolute Gasteiger partial charge is 0.306 e. The number of likely N-dealkylation sites (N-methyl/N-ethyl adjacent to an activating group) is 1. The fourth-order valence-corrected chi connectivity index (χ4v) is 6.95. The number of carbonyl (C=O) groups excluding carboxylic acids is 3. The molecule has 0 aromatic rings. The molecule has 0 heterocycles. The second-order valence-corrected chi connectivity index (χ2v) is 16.7. The molecule has 314 valence electrons. The van der Waals surface area contributed by atoms with E-state index in [9.17, 15) is 19.5 Å². The molecule has 2 unspecified atom stereocenters. The molecule has 0 aromatic heterocycles. The number of rotatable bonds is 41. The van der Waals surface area contributed by atoms with Crippen molar-refractivity contribution in [3.8, 4) is 0 Å². The first-order valence-corrected chi connectivity index (χ1v) is 22.6. The average molecular weight is 754 g/mol. The van der Waals surface area contributed by atoms with Gasteiger partial charge in [-0.2, -0.15) is 0 Å². The van der Waals surface area contributed by atoms with E-state index in [0.717, 1.165) is 38.5 Å². The number of carbonyl (C=O) groups is 3. The summed E-state index contributed by atoms with van der Waals surface area (Å²) >= 11 is 0. The molecule has 0 rings (SSSR count). The van der Waals surface area contributed by atoms with Crippen LogP contribution in [-0.2, 0) is 28.6 Å². The van der Waals surface area contributed by atoms with Gasteiger partial charge in [0.25, 0.3) is 0 Å². The highest BCUT2D eigenvalue weighted by Gasteiger charge is 2.25. The van der Waals surface area contributed by atoms with Crippen molar-refractivity contribution in [2.75, 3.05) is 41.0 Å². The largest absolute Gasteiger partial charge is 0.544 e. The van der Waals surface area contributed by atoms with Crippen molar-refractivity contribution in [3.05, 3.63) is 0 Å². The van der Waals surface area contributed by atoms with Gasteiger partial charge in [0.2, 0.25) is 0 Å². The molecule has 8 nitrogen and oxygen atoms in total. The van der Waals surface area contributed by atoms with Gasteiger partial charge in [0.1, 0.15) is 12.6 Å². The van der Waals surface area contributed by atoms with E-state index >= 15 is 0 Å². The van der Waals surface area contributed by atoms with Gasteiger partial charge in [-0.15, -0.1) is 0 Å².